The molecule has 0 saturated carbocycles. The van der Waals surface area contributed by atoms with Crippen LogP contribution in [0.25, 0.3) is 22.5 Å². The average molecular weight is 465 g/mol. The maximum Gasteiger partial charge on any atom is 0.238 e. The maximum absolute atomic E-state index is 10.1. The molecule has 0 radical (unpaired) electrons. The van der Waals surface area contributed by atoms with Crippen molar-refractivity contribution in [3.8, 4) is 40.0 Å². The first-order valence-electron chi connectivity index (χ1n) is 11.7. The summed E-state index contributed by atoms with van der Waals surface area (Å²) < 4.78 is 17.6. The van der Waals surface area contributed by atoms with E-state index in [1.807, 2.05) is 94.4 Å². The summed E-state index contributed by atoms with van der Waals surface area (Å²) >= 11 is 0. The third-order valence-corrected chi connectivity index (χ3v) is 5.57. The molecule has 0 aliphatic rings. The smallest absolute Gasteiger partial charge is 0.238 e. The van der Waals surface area contributed by atoms with Gasteiger partial charge >= 0.3 is 0 Å². The summed E-state index contributed by atoms with van der Waals surface area (Å²) in [5.74, 6) is 2.26. The Morgan fingerprint density at radius 1 is 0.857 bits per heavy atom. The molecule has 0 atom stereocenters. The molecule has 1 aromatic heterocycles. The van der Waals surface area contributed by atoms with Crippen molar-refractivity contribution in [2.24, 2.45) is 4.99 Å². The topological polar surface area (TPSA) is 67.8 Å². The number of aryl methyl sites for hydroxylation is 2. The lowest BCUT2D eigenvalue weighted by Crippen LogP contribution is -1.98. The number of furan rings is 1. The van der Waals surface area contributed by atoms with Crippen LogP contribution >= 0.6 is 0 Å². The minimum Gasteiger partial charge on any atom is -0.494 e. The summed E-state index contributed by atoms with van der Waals surface area (Å²) in [5, 5.41) is 10.1. The average Bonchev–Trinajstić information content (AvgIpc) is 3.23. The van der Waals surface area contributed by atoms with Gasteiger partial charge in [-0.15, -0.1) is 0 Å². The highest BCUT2D eigenvalue weighted by atomic mass is 16.5. The van der Waals surface area contributed by atoms with Gasteiger partial charge in [-0.2, -0.15) is 5.26 Å². The summed E-state index contributed by atoms with van der Waals surface area (Å²) in [6, 6.07) is 24.0. The molecule has 0 saturated heterocycles. The molecule has 176 valence electrons. The van der Waals surface area contributed by atoms with Crippen molar-refractivity contribution >= 4 is 12.1 Å². The monoisotopic (exact) mass is 464 g/mol. The van der Waals surface area contributed by atoms with Gasteiger partial charge in [0.05, 0.1) is 13.2 Å². The van der Waals surface area contributed by atoms with Crippen LogP contribution in [0.2, 0.25) is 0 Å². The molecule has 3 aromatic carbocycles. The molecule has 0 aliphatic heterocycles. The van der Waals surface area contributed by atoms with E-state index in [-0.39, 0.29) is 5.88 Å². The number of ether oxygens (including phenoxy) is 2. The summed E-state index contributed by atoms with van der Waals surface area (Å²) in [7, 11) is 0. The lowest BCUT2D eigenvalue weighted by atomic mass is 9.97. The highest BCUT2D eigenvalue weighted by Gasteiger charge is 2.23. The van der Waals surface area contributed by atoms with Gasteiger partial charge in [0.15, 0.2) is 0 Å². The molecule has 0 unspecified atom stereocenters. The van der Waals surface area contributed by atoms with E-state index in [0.29, 0.717) is 30.3 Å². The first-order chi connectivity index (χ1) is 17.0. The first-order valence-corrected chi connectivity index (χ1v) is 11.7. The van der Waals surface area contributed by atoms with Crippen molar-refractivity contribution in [1.29, 1.82) is 5.26 Å². The van der Waals surface area contributed by atoms with Gasteiger partial charge in [0.2, 0.25) is 5.88 Å². The Balaban J connectivity index is 1.83. The van der Waals surface area contributed by atoms with Crippen LogP contribution in [0.4, 0.5) is 5.88 Å². The zero-order chi connectivity index (χ0) is 24.8. The van der Waals surface area contributed by atoms with Gasteiger partial charge in [-0.1, -0.05) is 59.7 Å². The number of nitriles is 1. The second kappa shape index (κ2) is 10.8. The minimum atomic E-state index is 0.259. The molecule has 5 nitrogen and oxygen atoms in total. The summed E-state index contributed by atoms with van der Waals surface area (Å²) in [5.41, 5.74) is 5.98. The minimum absolute atomic E-state index is 0.259. The molecule has 0 N–H and O–H groups in total. The number of benzene rings is 3. The van der Waals surface area contributed by atoms with Gasteiger partial charge in [-0.3, -0.25) is 0 Å². The quantitative estimate of drug-likeness (QED) is 0.251. The van der Waals surface area contributed by atoms with Crippen LogP contribution in [0.3, 0.4) is 0 Å². The fraction of sp³-hybridized carbons (Fsp3) is 0.200. The van der Waals surface area contributed by atoms with Crippen LogP contribution in [-0.2, 0) is 0 Å². The van der Waals surface area contributed by atoms with Crippen molar-refractivity contribution in [3.05, 3.63) is 89.0 Å². The number of nitrogens with zero attached hydrogens (tertiary/aromatic N) is 2. The Labute approximate surface area is 206 Å². The Hall–Kier alpha value is -4.30. The molecule has 0 amide bonds. The van der Waals surface area contributed by atoms with E-state index in [1.54, 1.807) is 6.21 Å². The second-order valence-electron chi connectivity index (χ2n) is 8.15. The fourth-order valence-electron chi connectivity index (χ4n) is 3.80. The van der Waals surface area contributed by atoms with Crippen molar-refractivity contribution in [1.82, 2.24) is 0 Å². The van der Waals surface area contributed by atoms with E-state index in [2.05, 4.69) is 11.1 Å². The van der Waals surface area contributed by atoms with E-state index in [0.717, 1.165) is 39.1 Å². The Morgan fingerprint density at radius 3 is 2.09 bits per heavy atom. The molecule has 0 bridgehead atoms. The normalized spacial score (nSPS) is 10.9. The Bertz CT molecular complexity index is 1380. The van der Waals surface area contributed by atoms with E-state index in [1.165, 1.54) is 0 Å². The highest BCUT2D eigenvalue weighted by molar-refractivity contribution is 5.91. The number of aliphatic imine (C=N–C) groups is 1. The lowest BCUT2D eigenvalue weighted by Gasteiger charge is -2.09. The van der Waals surface area contributed by atoms with Crippen LogP contribution in [-0.4, -0.2) is 19.4 Å². The van der Waals surface area contributed by atoms with Crippen LogP contribution in [0.5, 0.6) is 11.5 Å². The van der Waals surface area contributed by atoms with Crippen LogP contribution < -0.4 is 9.47 Å². The summed E-state index contributed by atoms with van der Waals surface area (Å²) in [6.07, 6.45) is 1.66. The van der Waals surface area contributed by atoms with Crippen molar-refractivity contribution < 1.29 is 13.9 Å². The van der Waals surface area contributed by atoms with Gasteiger partial charge in [0.1, 0.15) is 28.9 Å². The van der Waals surface area contributed by atoms with E-state index in [9.17, 15) is 5.26 Å². The molecule has 5 heteroatoms. The highest BCUT2D eigenvalue weighted by Crippen LogP contribution is 2.42. The molecular weight excluding hydrogens is 436 g/mol. The molecule has 0 aliphatic carbocycles. The van der Waals surface area contributed by atoms with Gasteiger partial charge in [-0.05, 0) is 45.4 Å². The van der Waals surface area contributed by atoms with E-state index in [4.69, 9.17) is 13.9 Å². The molecule has 0 fully saturated rings. The third-order valence-electron chi connectivity index (χ3n) is 5.57. The molecule has 35 heavy (non-hydrogen) atoms. The largest absolute Gasteiger partial charge is 0.494 e. The summed E-state index contributed by atoms with van der Waals surface area (Å²) in [6.45, 7) is 9.02. The number of hydrogen-bond donors (Lipinski definition) is 0. The van der Waals surface area contributed by atoms with Crippen LogP contribution in [0, 0.1) is 25.2 Å². The van der Waals surface area contributed by atoms with Crippen molar-refractivity contribution in [2.75, 3.05) is 13.2 Å². The van der Waals surface area contributed by atoms with Crippen molar-refractivity contribution in [2.45, 2.75) is 27.7 Å². The zero-order valence-electron chi connectivity index (χ0n) is 20.5. The maximum atomic E-state index is 10.1. The van der Waals surface area contributed by atoms with E-state index >= 15 is 0 Å². The summed E-state index contributed by atoms with van der Waals surface area (Å²) in [4.78, 5) is 4.60. The van der Waals surface area contributed by atoms with Crippen LogP contribution in [0.15, 0.2) is 76.1 Å². The second-order valence-corrected chi connectivity index (χ2v) is 8.15. The Morgan fingerprint density at radius 2 is 1.49 bits per heavy atom. The zero-order valence-corrected chi connectivity index (χ0v) is 20.5. The van der Waals surface area contributed by atoms with Crippen molar-refractivity contribution in [3.63, 3.8) is 0 Å². The first kappa shape index (κ1) is 23.8. The predicted molar refractivity (Wildman–Crippen MR) is 140 cm³/mol. The third kappa shape index (κ3) is 5.28. The number of rotatable bonds is 8. The SMILES string of the molecule is CCOc1ccc(C=Nc2oc(-c3ccc(C)cc3)c(-c3ccc(C)cc3)c2C#N)c(OCC)c1. The molecule has 1 heterocycles. The molecule has 0 spiro atoms. The van der Waals surface area contributed by atoms with Crippen LogP contribution in [0.1, 0.15) is 36.1 Å². The predicted octanol–water partition coefficient (Wildman–Crippen LogP) is 7.65. The van der Waals surface area contributed by atoms with Gasteiger partial charge in [0, 0.05) is 29.0 Å². The van der Waals surface area contributed by atoms with Gasteiger partial charge in [0.25, 0.3) is 0 Å². The lowest BCUT2D eigenvalue weighted by molar-refractivity contribution is 0.323. The standard InChI is InChI=1S/C30H28N2O3/c1-5-33-25-16-15-24(27(17-25)34-6-2)19-32-30-26(18-31)28(22-11-7-20(3)8-12-22)29(35-30)23-13-9-21(4)10-14-23/h7-17,19H,5-6H2,1-4H3. The van der Waals surface area contributed by atoms with Gasteiger partial charge in [-0.25, -0.2) is 4.99 Å². The molecule has 4 aromatic rings. The number of hydrogen-bond acceptors (Lipinski definition) is 5. The molecular formula is C30H28N2O3. The fourth-order valence-corrected chi connectivity index (χ4v) is 3.80. The Kier molecular flexibility index (Phi) is 7.32. The van der Waals surface area contributed by atoms with Gasteiger partial charge < -0.3 is 13.9 Å². The molecule has 4 rings (SSSR count). The van der Waals surface area contributed by atoms with E-state index < -0.39 is 0 Å².